The van der Waals surface area contributed by atoms with Gasteiger partial charge >= 0.3 is 0 Å². The topological polar surface area (TPSA) is 21.6 Å². The summed E-state index contributed by atoms with van der Waals surface area (Å²) in [7, 11) is 1.71. The number of rotatable bonds is 6. The molecule has 2 heteroatoms. The highest BCUT2D eigenvalue weighted by Crippen LogP contribution is 2.68. The van der Waals surface area contributed by atoms with Crippen LogP contribution in [-0.2, 0) is 4.84 Å². The van der Waals surface area contributed by atoms with E-state index in [0.29, 0.717) is 10.8 Å². The Balaban J connectivity index is 1.45. The first-order chi connectivity index (χ1) is 14.3. The van der Waals surface area contributed by atoms with Crippen LogP contribution in [0.2, 0.25) is 0 Å². The molecule has 0 heterocycles. The highest BCUT2D eigenvalue weighted by molar-refractivity contribution is 5.85. The number of fused-ring (bicyclic) bond motifs is 5. The molecule has 172 valence electrons. The summed E-state index contributed by atoms with van der Waals surface area (Å²) in [6.45, 7) is 12.8. The van der Waals surface area contributed by atoms with Crippen molar-refractivity contribution in [3.05, 3.63) is 0 Å². The van der Waals surface area contributed by atoms with Crippen LogP contribution in [0.4, 0.5) is 0 Å². The third kappa shape index (κ3) is 3.88. The summed E-state index contributed by atoms with van der Waals surface area (Å²) < 4.78 is 0. The quantitative estimate of drug-likeness (QED) is 0.401. The summed E-state index contributed by atoms with van der Waals surface area (Å²) in [6.07, 6.45) is 17.0. The maximum absolute atomic E-state index is 5.13. The van der Waals surface area contributed by atoms with Gasteiger partial charge in [-0.15, -0.1) is 0 Å². The lowest BCUT2D eigenvalue weighted by atomic mass is 9.44. The van der Waals surface area contributed by atoms with Crippen molar-refractivity contribution in [3.63, 3.8) is 0 Å². The van der Waals surface area contributed by atoms with Crippen molar-refractivity contribution in [2.75, 3.05) is 7.11 Å². The Kier molecular flexibility index (Phi) is 6.63. The molecule has 0 aromatic heterocycles. The minimum Gasteiger partial charge on any atom is -0.399 e. The highest BCUT2D eigenvalue weighted by Gasteiger charge is 2.60. The monoisotopic (exact) mass is 415 g/mol. The highest BCUT2D eigenvalue weighted by atomic mass is 16.6. The Morgan fingerprint density at radius 3 is 2.43 bits per heavy atom. The molecular weight excluding hydrogens is 366 g/mol. The molecule has 30 heavy (non-hydrogen) atoms. The predicted octanol–water partition coefficient (Wildman–Crippen LogP) is 8.11. The Hall–Kier alpha value is -0.530. The van der Waals surface area contributed by atoms with Gasteiger partial charge in [0.2, 0.25) is 0 Å². The number of hydrogen-bond acceptors (Lipinski definition) is 2. The van der Waals surface area contributed by atoms with E-state index in [-0.39, 0.29) is 0 Å². The standard InChI is InChI=1S/C28H49NO/c1-19(2)8-7-9-20(3)24-12-13-25-23-11-10-21-18-22(29-30-6)14-16-27(21,4)26(23)15-17-28(24,25)5/h19-21,23-26H,7-18H2,1-6H3/b29-22+/t20-,21+,23+,24?,25+,26+,27+,28-/m1/s1. The average molecular weight is 416 g/mol. The maximum atomic E-state index is 5.13. The van der Waals surface area contributed by atoms with Gasteiger partial charge in [-0.25, -0.2) is 0 Å². The second kappa shape index (κ2) is 8.78. The normalized spacial score (nSPS) is 45.7. The van der Waals surface area contributed by atoms with E-state index in [0.717, 1.165) is 41.4 Å². The van der Waals surface area contributed by atoms with E-state index in [1.807, 2.05) is 0 Å². The third-order valence-corrected chi connectivity index (χ3v) is 10.9. The van der Waals surface area contributed by atoms with Crippen molar-refractivity contribution in [2.45, 2.75) is 112 Å². The van der Waals surface area contributed by atoms with Gasteiger partial charge in [-0.2, -0.15) is 0 Å². The number of hydrogen-bond donors (Lipinski definition) is 0. The van der Waals surface area contributed by atoms with E-state index < -0.39 is 0 Å². The van der Waals surface area contributed by atoms with Crippen LogP contribution in [0.1, 0.15) is 112 Å². The lowest BCUT2D eigenvalue weighted by molar-refractivity contribution is -0.105. The lowest BCUT2D eigenvalue weighted by Crippen LogP contribution is -2.53. The number of oxime groups is 1. The fourth-order valence-corrected chi connectivity index (χ4v) is 9.30. The summed E-state index contributed by atoms with van der Waals surface area (Å²) in [5.41, 5.74) is 2.51. The van der Waals surface area contributed by atoms with Crippen LogP contribution in [0.15, 0.2) is 5.16 Å². The van der Waals surface area contributed by atoms with Gasteiger partial charge in [-0.1, -0.05) is 59.0 Å². The molecule has 0 saturated heterocycles. The Morgan fingerprint density at radius 1 is 0.933 bits per heavy atom. The fraction of sp³-hybridized carbons (Fsp3) is 0.964. The minimum atomic E-state index is 0.554. The van der Waals surface area contributed by atoms with Crippen LogP contribution in [0, 0.1) is 52.3 Å². The molecule has 0 amide bonds. The zero-order valence-corrected chi connectivity index (χ0v) is 20.9. The first-order valence-corrected chi connectivity index (χ1v) is 13.4. The van der Waals surface area contributed by atoms with Crippen LogP contribution in [0.3, 0.4) is 0 Å². The molecule has 2 nitrogen and oxygen atoms in total. The van der Waals surface area contributed by atoms with Gasteiger partial charge in [0, 0.05) is 0 Å². The molecule has 0 radical (unpaired) electrons. The molecule has 0 aliphatic heterocycles. The van der Waals surface area contributed by atoms with E-state index in [4.69, 9.17) is 4.84 Å². The smallest absolute Gasteiger partial charge is 0.106 e. The maximum Gasteiger partial charge on any atom is 0.106 e. The second-order valence-electron chi connectivity index (χ2n) is 12.7. The SMILES string of the molecule is CO/N=C1\CC[C@@]2(C)[C@@H](CC[C@@H]3[C@@H]2CC[C@]2(C)C([C@H](C)CCCC(C)C)CC[C@@H]32)C1. The average Bonchev–Trinajstić information content (AvgIpc) is 3.05. The van der Waals surface area contributed by atoms with Crippen molar-refractivity contribution in [1.29, 1.82) is 0 Å². The van der Waals surface area contributed by atoms with Gasteiger partial charge in [0.05, 0.1) is 5.71 Å². The van der Waals surface area contributed by atoms with Gasteiger partial charge in [0.15, 0.2) is 0 Å². The van der Waals surface area contributed by atoms with Gasteiger partial charge in [0.25, 0.3) is 0 Å². The van der Waals surface area contributed by atoms with Crippen LogP contribution >= 0.6 is 0 Å². The zero-order valence-electron chi connectivity index (χ0n) is 20.9. The van der Waals surface area contributed by atoms with E-state index in [9.17, 15) is 0 Å². The first kappa shape index (κ1) is 22.7. The van der Waals surface area contributed by atoms with Gasteiger partial charge in [-0.05, 0) is 110 Å². The lowest BCUT2D eigenvalue weighted by Gasteiger charge is -2.60. The summed E-state index contributed by atoms with van der Waals surface area (Å²) in [5, 5.41) is 4.36. The van der Waals surface area contributed by atoms with Crippen LogP contribution in [-0.4, -0.2) is 12.8 Å². The Labute approximate surface area is 187 Å². The van der Waals surface area contributed by atoms with Gasteiger partial charge < -0.3 is 4.84 Å². The first-order valence-electron chi connectivity index (χ1n) is 13.4. The molecular formula is C28H49NO. The van der Waals surface area contributed by atoms with Crippen molar-refractivity contribution in [3.8, 4) is 0 Å². The van der Waals surface area contributed by atoms with Crippen LogP contribution in [0.25, 0.3) is 0 Å². The summed E-state index contributed by atoms with van der Waals surface area (Å²) >= 11 is 0. The molecule has 0 bridgehead atoms. The van der Waals surface area contributed by atoms with Gasteiger partial charge in [-0.3, -0.25) is 0 Å². The fourth-order valence-electron chi connectivity index (χ4n) is 9.30. The van der Waals surface area contributed by atoms with Crippen molar-refractivity contribution in [2.24, 2.45) is 57.4 Å². The molecule has 4 rings (SSSR count). The molecule has 4 fully saturated rings. The molecule has 1 unspecified atom stereocenters. The Bertz CT molecular complexity index is 626. The van der Waals surface area contributed by atoms with Crippen LogP contribution in [0.5, 0.6) is 0 Å². The molecule has 4 aliphatic rings. The minimum absolute atomic E-state index is 0.554. The molecule has 0 aromatic rings. The van der Waals surface area contributed by atoms with Crippen molar-refractivity contribution in [1.82, 2.24) is 0 Å². The third-order valence-electron chi connectivity index (χ3n) is 10.9. The molecule has 0 spiro atoms. The summed E-state index contributed by atoms with van der Waals surface area (Å²) in [4.78, 5) is 5.13. The largest absolute Gasteiger partial charge is 0.399 e. The molecule has 4 saturated carbocycles. The molecule has 0 N–H and O–H groups in total. The van der Waals surface area contributed by atoms with E-state index in [1.54, 1.807) is 7.11 Å². The van der Waals surface area contributed by atoms with Crippen molar-refractivity contribution >= 4 is 5.71 Å². The predicted molar refractivity (Wildman–Crippen MR) is 128 cm³/mol. The zero-order chi connectivity index (χ0) is 21.5. The number of nitrogens with zero attached hydrogens (tertiary/aromatic N) is 1. The molecule has 4 aliphatic carbocycles. The summed E-state index contributed by atoms with van der Waals surface area (Å²) in [5.74, 6) is 6.57. The molecule has 8 atom stereocenters. The molecule has 0 aromatic carbocycles. The Morgan fingerprint density at radius 2 is 1.70 bits per heavy atom. The van der Waals surface area contributed by atoms with E-state index >= 15 is 0 Å². The van der Waals surface area contributed by atoms with Crippen molar-refractivity contribution < 1.29 is 4.84 Å². The van der Waals surface area contributed by atoms with E-state index in [2.05, 4.69) is 39.8 Å². The summed E-state index contributed by atoms with van der Waals surface area (Å²) in [6, 6.07) is 0. The van der Waals surface area contributed by atoms with Crippen LogP contribution < -0.4 is 0 Å². The van der Waals surface area contributed by atoms with Gasteiger partial charge in [0.1, 0.15) is 7.11 Å². The van der Waals surface area contributed by atoms with E-state index in [1.165, 1.54) is 82.8 Å². The second-order valence-corrected chi connectivity index (χ2v) is 12.7.